The van der Waals surface area contributed by atoms with Crippen molar-refractivity contribution in [1.29, 1.82) is 0 Å². The van der Waals surface area contributed by atoms with Gasteiger partial charge in [0, 0.05) is 24.4 Å². The number of hydrogen-bond acceptors (Lipinski definition) is 4. The van der Waals surface area contributed by atoms with E-state index in [1.807, 2.05) is 7.05 Å². The SMILES string of the molecule is CC/C=C(\C)NCC/C(=C\CC)NC(C=O)CCCCNC. The Balaban J connectivity index is 4.22. The van der Waals surface area contributed by atoms with Gasteiger partial charge in [0.05, 0.1) is 6.04 Å². The molecule has 0 saturated heterocycles. The lowest BCUT2D eigenvalue weighted by Gasteiger charge is -2.18. The van der Waals surface area contributed by atoms with E-state index in [1.165, 1.54) is 11.4 Å². The van der Waals surface area contributed by atoms with Crippen molar-refractivity contribution in [3.8, 4) is 0 Å². The molecule has 22 heavy (non-hydrogen) atoms. The zero-order valence-corrected chi connectivity index (χ0v) is 14.9. The molecule has 0 aromatic carbocycles. The van der Waals surface area contributed by atoms with E-state index in [0.717, 1.165) is 57.9 Å². The molecule has 0 bridgehead atoms. The average Bonchev–Trinajstić information content (AvgIpc) is 2.50. The van der Waals surface area contributed by atoms with Gasteiger partial charge >= 0.3 is 0 Å². The molecule has 4 heteroatoms. The smallest absolute Gasteiger partial charge is 0.142 e. The van der Waals surface area contributed by atoms with Gasteiger partial charge in [-0.15, -0.1) is 0 Å². The fraction of sp³-hybridized carbons (Fsp3) is 0.722. The van der Waals surface area contributed by atoms with Crippen molar-refractivity contribution in [2.45, 2.75) is 65.3 Å². The van der Waals surface area contributed by atoms with Crippen LogP contribution in [0.1, 0.15) is 59.3 Å². The third-order valence-corrected chi connectivity index (χ3v) is 3.49. The second kappa shape index (κ2) is 14.6. The van der Waals surface area contributed by atoms with Crippen LogP contribution in [0.5, 0.6) is 0 Å². The lowest BCUT2D eigenvalue weighted by molar-refractivity contribution is -0.109. The van der Waals surface area contributed by atoms with Gasteiger partial charge in [-0.05, 0) is 52.6 Å². The van der Waals surface area contributed by atoms with Gasteiger partial charge in [-0.2, -0.15) is 0 Å². The van der Waals surface area contributed by atoms with Gasteiger partial charge in [0.15, 0.2) is 0 Å². The average molecular weight is 309 g/mol. The number of allylic oxidation sites excluding steroid dienone is 3. The van der Waals surface area contributed by atoms with Crippen molar-refractivity contribution < 1.29 is 4.79 Å². The van der Waals surface area contributed by atoms with Crippen molar-refractivity contribution in [1.82, 2.24) is 16.0 Å². The Kier molecular flexibility index (Phi) is 13.8. The minimum absolute atomic E-state index is 0.0677. The van der Waals surface area contributed by atoms with Gasteiger partial charge in [-0.25, -0.2) is 0 Å². The number of rotatable bonds is 14. The summed E-state index contributed by atoms with van der Waals surface area (Å²) in [6.07, 6.45) is 11.4. The summed E-state index contributed by atoms with van der Waals surface area (Å²) in [7, 11) is 1.96. The Hall–Kier alpha value is -1.29. The first-order valence-electron chi connectivity index (χ1n) is 8.63. The molecule has 0 aliphatic rings. The standard InChI is InChI=1S/C18H35N3O/c1-5-9-16(3)20-14-12-17(10-6-2)21-18(15-22)11-7-8-13-19-4/h9-10,15,18-21H,5-8,11-14H2,1-4H3/b16-9+,17-10+. The Morgan fingerprint density at radius 1 is 1.09 bits per heavy atom. The fourth-order valence-electron chi connectivity index (χ4n) is 2.33. The third-order valence-electron chi connectivity index (χ3n) is 3.49. The van der Waals surface area contributed by atoms with Gasteiger partial charge in [-0.3, -0.25) is 0 Å². The summed E-state index contributed by atoms with van der Waals surface area (Å²) in [6.45, 7) is 8.26. The van der Waals surface area contributed by atoms with Gasteiger partial charge in [0.2, 0.25) is 0 Å². The molecule has 4 nitrogen and oxygen atoms in total. The minimum Gasteiger partial charge on any atom is -0.388 e. The molecule has 0 aromatic rings. The summed E-state index contributed by atoms with van der Waals surface area (Å²) in [5.74, 6) is 0. The Morgan fingerprint density at radius 2 is 1.82 bits per heavy atom. The molecule has 0 radical (unpaired) electrons. The minimum atomic E-state index is -0.0677. The Labute approximate surface area is 136 Å². The summed E-state index contributed by atoms with van der Waals surface area (Å²) >= 11 is 0. The zero-order valence-electron chi connectivity index (χ0n) is 14.9. The number of hydrogen-bond donors (Lipinski definition) is 3. The van der Waals surface area contributed by atoms with Crippen LogP contribution < -0.4 is 16.0 Å². The predicted molar refractivity (Wildman–Crippen MR) is 95.8 cm³/mol. The first-order chi connectivity index (χ1) is 10.7. The van der Waals surface area contributed by atoms with E-state index in [-0.39, 0.29) is 6.04 Å². The second-order valence-corrected chi connectivity index (χ2v) is 5.60. The van der Waals surface area contributed by atoms with Crippen molar-refractivity contribution in [2.75, 3.05) is 20.1 Å². The molecule has 0 amide bonds. The van der Waals surface area contributed by atoms with Crippen molar-refractivity contribution in [3.63, 3.8) is 0 Å². The Bertz CT molecular complexity index is 337. The normalized spacial score (nSPS) is 13.8. The maximum Gasteiger partial charge on any atom is 0.142 e. The lowest BCUT2D eigenvalue weighted by atomic mass is 10.1. The van der Waals surface area contributed by atoms with Crippen LogP contribution in [0.4, 0.5) is 0 Å². The van der Waals surface area contributed by atoms with E-state index >= 15 is 0 Å². The van der Waals surface area contributed by atoms with Gasteiger partial charge < -0.3 is 20.7 Å². The highest BCUT2D eigenvalue weighted by atomic mass is 16.1. The number of carbonyl (C=O) groups is 1. The number of nitrogens with one attached hydrogen (secondary N) is 3. The van der Waals surface area contributed by atoms with Gasteiger partial charge in [0.25, 0.3) is 0 Å². The van der Waals surface area contributed by atoms with Crippen molar-refractivity contribution in [2.24, 2.45) is 0 Å². The van der Waals surface area contributed by atoms with Crippen LogP contribution in [0.15, 0.2) is 23.5 Å². The van der Waals surface area contributed by atoms with Crippen LogP contribution in [-0.4, -0.2) is 32.5 Å². The fourth-order valence-corrected chi connectivity index (χ4v) is 2.33. The second-order valence-electron chi connectivity index (χ2n) is 5.60. The largest absolute Gasteiger partial charge is 0.388 e. The number of carbonyl (C=O) groups excluding carboxylic acids is 1. The third kappa shape index (κ3) is 11.4. The van der Waals surface area contributed by atoms with Crippen molar-refractivity contribution >= 4 is 6.29 Å². The maximum atomic E-state index is 11.2. The lowest BCUT2D eigenvalue weighted by Crippen LogP contribution is -2.31. The van der Waals surface area contributed by atoms with Crippen LogP contribution in [-0.2, 0) is 4.79 Å². The summed E-state index contributed by atoms with van der Waals surface area (Å²) < 4.78 is 0. The monoisotopic (exact) mass is 309 g/mol. The molecule has 0 saturated carbocycles. The highest BCUT2D eigenvalue weighted by molar-refractivity contribution is 5.58. The summed E-state index contributed by atoms with van der Waals surface area (Å²) in [6, 6.07) is -0.0677. The molecule has 1 atom stereocenters. The Morgan fingerprint density at radius 3 is 2.41 bits per heavy atom. The first-order valence-corrected chi connectivity index (χ1v) is 8.63. The summed E-state index contributed by atoms with van der Waals surface area (Å²) in [5, 5.41) is 9.94. The molecule has 0 aliphatic heterocycles. The maximum absolute atomic E-state index is 11.2. The zero-order chi connectivity index (χ0) is 16.6. The topological polar surface area (TPSA) is 53.2 Å². The predicted octanol–water partition coefficient (Wildman–Crippen LogP) is 3.12. The molecular weight excluding hydrogens is 274 g/mol. The van der Waals surface area contributed by atoms with Gasteiger partial charge in [0.1, 0.15) is 6.29 Å². The van der Waals surface area contributed by atoms with Crippen LogP contribution in [0.25, 0.3) is 0 Å². The van der Waals surface area contributed by atoms with Gasteiger partial charge in [-0.1, -0.05) is 26.0 Å². The highest BCUT2D eigenvalue weighted by Gasteiger charge is 2.08. The number of aldehydes is 1. The molecular formula is C18H35N3O. The van der Waals surface area contributed by atoms with Crippen LogP contribution in [0, 0.1) is 0 Å². The van der Waals surface area contributed by atoms with Crippen LogP contribution in [0.2, 0.25) is 0 Å². The first kappa shape index (κ1) is 20.7. The summed E-state index contributed by atoms with van der Waals surface area (Å²) in [5.41, 5.74) is 2.39. The van der Waals surface area contributed by atoms with Crippen molar-refractivity contribution in [3.05, 3.63) is 23.5 Å². The van der Waals surface area contributed by atoms with Crippen LogP contribution >= 0.6 is 0 Å². The molecule has 0 aromatic heterocycles. The number of unbranched alkanes of at least 4 members (excludes halogenated alkanes) is 1. The van der Waals surface area contributed by atoms with E-state index < -0.39 is 0 Å². The highest BCUT2D eigenvalue weighted by Crippen LogP contribution is 2.05. The molecule has 3 N–H and O–H groups in total. The van der Waals surface area contributed by atoms with E-state index in [9.17, 15) is 4.79 Å². The van der Waals surface area contributed by atoms with E-state index in [1.54, 1.807) is 0 Å². The molecule has 1 unspecified atom stereocenters. The quantitative estimate of drug-likeness (QED) is 0.341. The molecule has 0 rings (SSSR count). The molecule has 0 aliphatic carbocycles. The van der Waals surface area contributed by atoms with E-state index in [4.69, 9.17) is 0 Å². The summed E-state index contributed by atoms with van der Waals surface area (Å²) in [4.78, 5) is 11.2. The molecule has 0 heterocycles. The van der Waals surface area contributed by atoms with E-state index in [2.05, 4.69) is 48.9 Å². The molecule has 0 spiro atoms. The molecule has 0 fully saturated rings. The van der Waals surface area contributed by atoms with E-state index in [0.29, 0.717) is 0 Å². The molecule has 128 valence electrons. The van der Waals surface area contributed by atoms with Crippen LogP contribution in [0.3, 0.4) is 0 Å².